The SMILES string of the molecule is CCOC(=O)Nc1ccc(NC(=O)NCc2cccc(Cn3ccnc3)c2)cc1. The van der Waals surface area contributed by atoms with Crippen LogP contribution in [-0.2, 0) is 17.8 Å². The van der Waals surface area contributed by atoms with Crippen LogP contribution in [0, 0.1) is 0 Å². The molecule has 3 N–H and O–H groups in total. The monoisotopic (exact) mass is 393 g/mol. The second-order valence-electron chi connectivity index (χ2n) is 6.29. The fraction of sp³-hybridized carbons (Fsp3) is 0.190. The summed E-state index contributed by atoms with van der Waals surface area (Å²) >= 11 is 0. The van der Waals surface area contributed by atoms with Crippen LogP contribution in [0.2, 0.25) is 0 Å². The third-order valence-electron chi connectivity index (χ3n) is 4.03. The van der Waals surface area contributed by atoms with Gasteiger partial charge < -0.3 is 19.9 Å². The highest BCUT2D eigenvalue weighted by molar-refractivity contribution is 5.90. The standard InChI is InChI=1S/C21H23N5O3/c1-2-29-21(28)25-19-8-6-18(7-9-19)24-20(27)23-13-16-4-3-5-17(12-16)14-26-11-10-22-15-26/h3-12,15H,2,13-14H2,1H3,(H,25,28)(H2,23,24,27). The van der Waals surface area contributed by atoms with Crippen LogP contribution < -0.4 is 16.0 Å². The molecule has 1 heterocycles. The Morgan fingerprint density at radius 2 is 1.76 bits per heavy atom. The molecular weight excluding hydrogens is 370 g/mol. The van der Waals surface area contributed by atoms with Crippen molar-refractivity contribution in [2.75, 3.05) is 17.2 Å². The molecule has 3 rings (SSSR count). The van der Waals surface area contributed by atoms with Crippen LogP contribution >= 0.6 is 0 Å². The zero-order valence-corrected chi connectivity index (χ0v) is 16.1. The maximum Gasteiger partial charge on any atom is 0.411 e. The maximum atomic E-state index is 12.2. The Kier molecular flexibility index (Phi) is 6.83. The van der Waals surface area contributed by atoms with Crippen LogP contribution in [0.4, 0.5) is 21.0 Å². The van der Waals surface area contributed by atoms with Crippen molar-refractivity contribution in [1.29, 1.82) is 0 Å². The van der Waals surface area contributed by atoms with Gasteiger partial charge >= 0.3 is 12.1 Å². The number of anilines is 2. The second-order valence-corrected chi connectivity index (χ2v) is 6.29. The lowest BCUT2D eigenvalue weighted by atomic mass is 10.1. The molecule has 0 fully saturated rings. The minimum atomic E-state index is -0.513. The zero-order valence-electron chi connectivity index (χ0n) is 16.1. The van der Waals surface area contributed by atoms with Crippen LogP contribution in [0.1, 0.15) is 18.1 Å². The van der Waals surface area contributed by atoms with Gasteiger partial charge in [-0.05, 0) is 42.3 Å². The molecule has 8 heteroatoms. The first-order valence-electron chi connectivity index (χ1n) is 9.24. The van der Waals surface area contributed by atoms with E-state index in [1.165, 1.54) is 0 Å². The first kappa shape index (κ1) is 19.9. The number of imidazole rings is 1. The third kappa shape index (κ3) is 6.39. The van der Waals surface area contributed by atoms with E-state index in [1.54, 1.807) is 43.7 Å². The maximum absolute atomic E-state index is 12.2. The molecule has 0 radical (unpaired) electrons. The Bertz CT molecular complexity index is 939. The summed E-state index contributed by atoms with van der Waals surface area (Å²) in [6.45, 7) is 3.18. The smallest absolute Gasteiger partial charge is 0.411 e. The first-order chi connectivity index (χ1) is 14.1. The van der Waals surface area contributed by atoms with E-state index in [-0.39, 0.29) is 6.03 Å². The summed E-state index contributed by atoms with van der Waals surface area (Å²) < 4.78 is 6.80. The van der Waals surface area contributed by atoms with Crippen molar-refractivity contribution < 1.29 is 14.3 Å². The lowest BCUT2D eigenvalue weighted by molar-refractivity contribution is 0.168. The molecule has 0 atom stereocenters. The number of carbonyl (C=O) groups is 2. The van der Waals surface area contributed by atoms with E-state index in [1.807, 2.05) is 29.0 Å². The first-order valence-corrected chi connectivity index (χ1v) is 9.24. The summed E-state index contributed by atoms with van der Waals surface area (Å²) in [5.74, 6) is 0. The molecular formula is C21H23N5O3. The molecule has 0 aliphatic heterocycles. The predicted molar refractivity (Wildman–Crippen MR) is 111 cm³/mol. The van der Waals surface area contributed by atoms with Crippen molar-refractivity contribution in [3.8, 4) is 0 Å². The Morgan fingerprint density at radius 3 is 2.45 bits per heavy atom. The molecule has 0 aliphatic rings. The van der Waals surface area contributed by atoms with Gasteiger partial charge in [-0.3, -0.25) is 5.32 Å². The largest absolute Gasteiger partial charge is 0.450 e. The molecule has 0 saturated carbocycles. The number of rotatable bonds is 7. The highest BCUT2D eigenvalue weighted by Crippen LogP contribution is 2.14. The summed E-state index contributed by atoms with van der Waals surface area (Å²) in [6, 6.07) is 14.5. The third-order valence-corrected chi connectivity index (χ3v) is 4.03. The van der Waals surface area contributed by atoms with Crippen LogP contribution in [0.25, 0.3) is 0 Å². The Balaban J connectivity index is 1.48. The molecule has 3 aromatic rings. The van der Waals surface area contributed by atoms with Crippen LogP contribution in [0.3, 0.4) is 0 Å². The average Bonchev–Trinajstić information content (AvgIpc) is 3.21. The van der Waals surface area contributed by atoms with Gasteiger partial charge in [-0.15, -0.1) is 0 Å². The number of hydrogen-bond acceptors (Lipinski definition) is 4. The Labute approximate surface area is 168 Å². The fourth-order valence-electron chi connectivity index (χ4n) is 2.71. The van der Waals surface area contributed by atoms with E-state index in [9.17, 15) is 9.59 Å². The summed E-state index contributed by atoms with van der Waals surface area (Å²) in [4.78, 5) is 27.6. The number of benzene rings is 2. The lowest BCUT2D eigenvalue weighted by Gasteiger charge is -2.10. The minimum absolute atomic E-state index is 0.304. The quantitative estimate of drug-likeness (QED) is 0.568. The van der Waals surface area contributed by atoms with Gasteiger partial charge in [0.2, 0.25) is 0 Å². The van der Waals surface area contributed by atoms with Gasteiger partial charge in [0.05, 0.1) is 12.9 Å². The van der Waals surface area contributed by atoms with E-state index >= 15 is 0 Å². The molecule has 8 nitrogen and oxygen atoms in total. The van der Waals surface area contributed by atoms with Crippen LogP contribution in [0.15, 0.2) is 67.3 Å². The number of aromatic nitrogens is 2. The van der Waals surface area contributed by atoms with Crippen molar-refractivity contribution in [3.05, 3.63) is 78.4 Å². The highest BCUT2D eigenvalue weighted by Gasteiger charge is 2.05. The second kappa shape index (κ2) is 9.93. The van der Waals surface area contributed by atoms with Gasteiger partial charge in [-0.25, -0.2) is 14.6 Å². The predicted octanol–water partition coefficient (Wildman–Crippen LogP) is 3.82. The normalized spacial score (nSPS) is 10.2. The topological polar surface area (TPSA) is 97.3 Å². The zero-order chi connectivity index (χ0) is 20.5. The Hall–Kier alpha value is -3.81. The van der Waals surface area contributed by atoms with Gasteiger partial charge in [0.15, 0.2) is 0 Å². The summed E-state index contributed by atoms with van der Waals surface area (Å²) in [6.07, 6.45) is 4.91. The molecule has 0 spiro atoms. The van der Waals surface area contributed by atoms with Crippen LogP contribution in [-0.4, -0.2) is 28.3 Å². The lowest BCUT2D eigenvalue weighted by Crippen LogP contribution is -2.28. The van der Waals surface area contributed by atoms with E-state index in [0.717, 1.165) is 17.7 Å². The van der Waals surface area contributed by atoms with Gasteiger partial charge in [0.25, 0.3) is 0 Å². The molecule has 0 bridgehead atoms. The number of nitrogens with one attached hydrogen (secondary N) is 3. The summed E-state index contributed by atoms with van der Waals surface area (Å²) in [5, 5.41) is 8.20. The van der Waals surface area contributed by atoms with E-state index in [2.05, 4.69) is 27.0 Å². The Morgan fingerprint density at radius 1 is 1.03 bits per heavy atom. The highest BCUT2D eigenvalue weighted by atomic mass is 16.5. The van der Waals surface area contributed by atoms with Crippen molar-refractivity contribution in [2.45, 2.75) is 20.0 Å². The van der Waals surface area contributed by atoms with Gasteiger partial charge in [-0.2, -0.15) is 0 Å². The van der Waals surface area contributed by atoms with Gasteiger partial charge in [0, 0.05) is 36.9 Å². The molecule has 0 aliphatic carbocycles. The number of urea groups is 1. The number of hydrogen-bond donors (Lipinski definition) is 3. The number of ether oxygens (including phenoxy) is 1. The number of nitrogens with zero attached hydrogens (tertiary/aromatic N) is 2. The molecule has 2 aromatic carbocycles. The van der Waals surface area contributed by atoms with Crippen LogP contribution in [0.5, 0.6) is 0 Å². The van der Waals surface area contributed by atoms with E-state index in [0.29, 0.717) is 24.5 Å². The van der Waals surface area contributed by atoms with E-state index < -0.39 is 6.09 Å². The molecule has 1 aromatic heterocycles. The molecule has 3 amide bonds. The molecule has 0 saturated heterocycles. The summed E-state index contributed by atoms with van der Waals surface area (Å²) in [7, 11) is 0. The van der Waals surface area contributed by atoms with Gasteiger partial charge in [0.1, 0.15) is 0 Å². The molecule has 0 unspecified atom stereocenters. The fourth-order valence-corrected chi connectivity index (χ4v) is 2.71. The van der Waals surface area contributed by atoms with Crippen molar-refractivity contribution in [3.63, 3.8) is 0 Å². The average molecular weight is 393 g/mol. The molecule has 29 heavy (non-hydrogen) atoms. The van der Waals surface area contributed by atoms with Crippen molar-refractivity contribution in [1.82, 2.24) is 14.9 Å². The summed E-state index contributed by atoms with van der Waals surface area (Å²) in [5.41, 5.74) is 3.34. The van der Waals surface area contributed by atoms with Crippen molar-refractivity contribution in [2.24, 2.45) is 0 Å². The van der Waals surface area contributed by atoms with E-state index in [4.69, 9.17) is 4.74 Å². The number of carbonyl (C=O) groups excluding carboxylic acids is 2. The molecule has 150 valence electrons. The van der Waals surface area contributed by atoms with Gasteiger partial charge in [-0.1, -0.05) is 24.3 Å². The minimum Gasteiger partial charge on any atom is -0.450 e. The van der Waals surface area contributed by atoms with Crippen molar-refractivity contribution >= 4 is 23.5 Å². The number of amides is 3.